The van der Waals surface area contributed by atoms with Crippen LogP contribution in [0.3, 0.4) is 0 Å². The molecular formula is C22H27N3O3S. The largest absolute Gasteiger partial charge is 0.371 e. The molecule has 0 aliphatic carbocycles. The van der Waals surface area contributed by atoms with Crippen molar-refractivity contribution >= 4 is 21.6 Å². The zero-order valence-electron chi connectivity index (χ0n) is 16.5. The van der Waals surface area contributed by atoms with E-state index >= 15 is 0 Å². The molecule has 2 aromatic rings. The van der Waals surface area contributed by atoms with Crippen LogP contribution in [-0.2, 0) is 10.0 Å². The Hall–Kier alpha value is -2.38. The molecule has 154 valence electrons. The quantitative estimate of drug-likeness (QED) is 0.818. The lowest BCUT2D eigenvalue weighted by molar-refractivity contribution is 0.0793. The lowest BCUT2D eigenvalue weighted by Crippen LogP contribution is -2.45. The van der Waals surface area contributed by atoms with Crippen LogP contribution in [0.25, 0.3) is 0 Å². The minimum atomic E-state index is -3.50. The molecular weight excluding hydrogens is 386 g/mol. The van der Waals surface area contributed by atoms with Crippen LogP contribution in [-0.4, -0.2) is 51.4 Å². The van der Waals surface area contributed by atoms with Gasteiger partial charge in [0.05, 0.1) is 10.5 Å². The van der Waals surface area contributed by atoms with E-state index in [9.17, 15) is 13.2 Å². The summed E-state index contributed by atoms with van der Waals surface area (Å²) in [5.74, 6) is 0.102. The van der Waals surface area contributed by atoms with E-state index in [4.69, 9.17) is 0 Å². The SMILES string of the molecule is O=C(c1ccccc1N1CCC(NS(=O)(=O)c2ccccc2)CC1)N1CCCC1. The van der Waals surface area contributed by atoms with Crippen molar-refractivity contribution in [2.45, 2.75) is 36.6 Å². The van der Waals surface area contributed by atoms with Gasteiger partial charge in [0.25, 0.3) is 5.91 Å². The van der Waals surface area contributed by atoms with Gasteiger partial charge >= 0.3 is 0 Å². The lowest BCUT2D eigenvalue weighted by atomic mass is 10.0. The third-order valence-corrected chi connectivity index (χ3v) is 7.28. The number of benzene rings is 2. The number of carbonyl (C=O) groups excluding carboxylic acids is 1. The van der Waals surface area contributed by atoms with Crippen molar-refractivity contribution in [3.63, 3.8) is 0 Å². The van der Waals surface area contributed by atoms with Crippen LogP contribution in [0.15, 0.2) is 59.5 Å². The predicted octanol–water partition coefficient (Wildman–Crippen LogP) is 2.87. The summed E-state index contributed by atoms with van der Waals surface area (Å²) in [7, 11) is -3.50. The maximum atomic E-state index is 12.9. The van der Waals surface area contributed by atoms with Crippen molar-refractivity contribution in [2.75, 3.05) is 31.1 Å². The molecule has 2 aliphatic rings. The Balaban J connectivity index is 1.42. The molecule has 29 heavy (non-hydrogen) atoms. The molecule has 7 heteroatoms. The average molecular weight is 414 g/mol. The first-order valence-electron chi connectivity index (χ1n) is 10.3. The second-order valence-electron chi connectivity index (χ2n) is 7.71. The van der Waals surface area contributed by atoms with Crippen LogP contribution < -0.4 is 9.62 Å². The Morgan fingerprint density at radius 1 is 0.862 bits per heavy atom. The molecule has 0 atom stereocenters. The first-order chi connectivity index (χ1) is 14.0. The number of piperidine rings is 1. The molecule has 2 aliphatic heterocycles. The number of nitrogens with zero attached hydrogens (tertiary/aromatic N) is 2. The van der Waals surface area contributed by atoms with Crippen molar-refractivity contribution in [2.24, 2.45) is 0 Å². The second kappa shape index (κ2) is 8.55. The molecule has 2 heterocycles. The van der Waals surface area contributed by atoms with E-state index in [-0.39, 0.29) is 11.9 Å². The fraction of sp³-hybridized carbons (Fsp3) is 0.409. The van der Waals surface area contributed by atoms with Gasteiger partial charge in [0.2, 0.25) is 10.0 Å². The fourth-order valence-electron chi connectivity index (χ4n) is 4.15. The van der Waals surface area contributed by atoms with E-state index < -0.39 is 10.0 Å². The number of amides is 1. The summed E-state index contributed by atoms with van der Waals surface area (Å²) in [6, 6.07) is 16.1. The summed E-state index contributed by atoms with van der Waals surface area (Å²) < 4.78 is 28.0. The predicted molar refractivity (Wildman–Crippen MR) is 114 cm³/mol. The molecule has 2 saturated heterocycles. The number of hydrogen-bond donors (Lipinski definition) is 1. The van der Waals surface area contributed by atoms with Crippen LogP contribution in [0.1, 0.15) is 36.0 Å². The molecule has 1 N–H and O–H groups in total. The van der Waals surface area contributed by atoms with Crippen molar-refractivity contribution in [1.29, 1.82) is 0 Å². The van der Waals surface area contributed by atoms with E-state index in [2.05, 4.69) is 9.62 Å². The first kappa shape index (κ1) is 19.9. The summed E-state index contributed by atoms with van der Waals surface area (Å²) in [6.45, 7) is 3.09. The number of carbonyl (C=O) groups is 1. The number of sulfonamides is 1. The zero-order chi connectivity index (χ0) is 20.3. The van der Waals surface area contributed by atoms with Gasteiger partial charge in [-0.05, 0) is 49.9 Å². The van der Waals surface area contributed by atoms with E-state index in [0.29, 0.717) is 30.8 Å². The van der Waals surface area contributed by atoms with Crippen LogP contribution in [0, 0.1) is 0 Å². The maximum Gasteiger partial charge on any atom is 0.255 e. The molecule has 4 rings (SSSR count). The molecule has 0 bridgehead atoms. The van der Waals surface area contributed by atoms with E-state index in [1.807, 2.05) is 29.2 Å². The summed E-state index contributed by atoms with van der Waals surface area (Å²) >= 11 is 0. The molecule has 0 saturated carbocycles. The zero-order valence-corrected chi connectivity index (χ0v) is 17.3. The smallest absolute Gasteiger partial charge is 0.255 e. The van der Waals surface area contributed by atoms with Crippen molar-refractivity contribution < 1.29 is 13.2 Å². The number of para-hydroxylation sites is 1. The summed E-state index contributed by atoms with van der Waals surface area (Å²) in [5, 5.41) is 0. The molecule has 0 spiro atoms. The van der Waals surface area contributed by atoms with E-state index in [1.165, 1.54) is 0 Å². The van der Waals surface area contributed by atoms with Crippen LogP contribution in [0.2, 0.25) is 0 Å². The Morgan fingerprint density at radius 2 is 1.48 bits per heavy atom. The molecule has 0 aromatic heterocycles. The number of likely N-dealkylation sites (tertiary alicyclic amines) is 1. The van der Waals surface area contributed by atoms with Gasteiger partial charge < -0.3 is 9.80 Å². The number of hydrogen-bond acceptors (Lipinski definition) is 4. The van der Waals surface area contributed by atoms with Gasteiger partial charge in [0, 0.05) is 37.9 Å². The minimum Gasteiger partial charge on any atom is -0.371 e. The van der Waals surface area contributed by atoms with E-state index in [0.717, 1.165) is 37.2 Å². The monoisotopic (exact) mass is 413 g/mol. The first-order valence-corrected chi connectivity index (χ1v) is 11.7. The second-order valence-corrected chi connectivity index (χ2v) is 9.43. The van der Waals surface area contributed by atoms with Gasteiger partial charge in [-0.2, -0.15) is 0 Å². The van der Waals surface area contributed by atoms with Gasteiger partial charge in [0.1, 0.15) is 0 Å². The standard InChI is InChI=1S/C22H27N3O3S/c26-22(25-14-6-7-15-25)20-10-4-5-11-21(20)24-16-12-18(13-17-24)23-29(27,28)19-8-2-1-3-9-19/h1-5,8-11,18,23H,6-7,12-17H2. The fourth-order valence-corrected chi connectivity index (χ4v) is 5.47. The van der Waals surface area contributed by atoms with Crippen LogP contribution in [0.5, 0.6) is 0 Å². The topological polar surface area (TPSA) is 69.7 Å². The van der Waals surface area contributed by atoms with Crippen LogP contribution in [0.4, 0.5) is 5.69 Å². The highest BCUT2D eigenvalue weighted by Crippen LogP contribution is 2.27. The van der Waals surface area contributed by atoms with Gasteiger partial charge in [-0.1, -0.05) is 30.3 Å². The molecule has 2 aromatic carbocycles. The van der Waals surface area contributed by atoms with Gasteiger partial charge in [-0.15, -0.1) is 0 Å². The molecule has 1 amide bonds. The Bertz CT molecular complexity index is 948. The molecule has 2 fully saturated rings. The summed E-state index contributed by atoms with van der Waals surface area (Å²) in [4.78, 5) is 17.4. The highest BCUT2D eigenvalue weighted by Gasteiger charge is 2.28. The van der Waals surface area contributed by atoms with Gasteiger partial charge in [-0.3, -0.25) is 4.79 Å². The van der Waals surface area contributed by atoms with Crippen molar-refractivity contribution in [3.05, 3.63) is 60.2 Å². The van der Waals surface area contributed by atoms with Crippen molar-refractivity contribution in [3.8, 4) is 0 Å². The highest BCUT2D eigenvalue weighted by atomic mass is 32.2. The van der Waals surface area contributed by atoms with Crippen molar-refractivity contribution in [1.82, 2.24) is 9.62 Å². The number of rotatable bonds is 5. The third-order valence-electron chi connectivity index (χ3n) is 5.74. The number of nitrogens with one attached hydrogen (secondary N) is 1. The Morgan fingerprint density at radius 3 is 2.17 bits per heavy atom. The normalized spacial score (nSPS) is 18.2. The van der Waals surface area contributed by atoms with Gasteiger partial charge in [0.15, 0.2) is 0 Å². The number of anilines is 1. The molecule has 6 nitrogen and oxygen atoms in total. The van der Waals surface area contributed by atoms with Gasteiger partial charge in [-0.25, -0.2) is 13.1 Å². The molecule has 0 radical (unpaired) electrons. The third kappa shape index (κ3) is 4.46. The lowest BCUT2D eigenvalue weighted by Gasteiger charge is -2.35. The van der Waals surface area contributed by atoms with Crippen LogP contribution >= 0.6 is 0 Å². The maximum absolute atomic E-state index is 12.9. The summed E-state index contributed by atoms with van der Waals surface area (Å²) in [5.41, 5.74) is 1.70. The Labute approximate surface area is 172 Å². The molecule has 0 unspecified atom stereocenters. The highest BCUT2D eigenvalue weighted by molar-refractivity contribution is 7.89. The summed E-state index contributed by atoms with van der Waals surface area (Å²) in [6.07, 6.45) is 3.55. The Kier molecular flexibility index (Phi) is 5.87. The minimum absolute atomic E-state index is 0.0992. The van der Waals surface area contributed by atoms with E-state index in [1.54, 1.807) is 30.3 Å². The average Bonchev–Trinajstić information content (AvgIpc) is 3.29.